The average Bonchev–Trinajstić information content (AvgIpc) is 2.63. The second kappa shape index (κ2) is 6.49. The van der Waals surface area contributed by atoms with E-state index in [2.05, 4.69) is 22.4 Å². The van der Waals surface area contributed by atoms with Crippen LogP contribution in [0, 0.1) is 5.92 Å². The third-order valence-corrected chi connectivity index (χ3v) is 4.75. The van der Waals surface area contributed by atoms with Crippen molar-refractivity contribution in [1.82, 2.24) is 10.2 Å². The van der Waals surface area contributed by atoms with E-state index in [9.17, 15) is 8.42 Å². The molecule has 20 heavy (non-hydrogen) atoms. The Balaban J connectivity index is 1.96. The third-order valence-electron chi connectivity index (χ3n) is 3.95. The largest absolute Gasteiger partial charge is 0.366 e. The van der Waals surface area contributed by atoms with Crippen LogP contribution >= 0.6 is 0 Å². The van der Waals surface area contributed by atoms with Crippen molar-refractivity contribution in [3.8, 4) is 0 Å². The van der Waals surface area contributed by atoms with Crippen molar-refractivity contribution in [2.75, 3.05) is 5.32 Å². The van der Waals surface area contributed by atoms with Crippen LogP contribution in [0.3, 0.4) is 0 Å². The number of nitrogens with zero attached hydrogens (tertiary/aromatic N) is 2. The predicted molar refractivity (Wildman–Crippen MR) is 77.7 cm³/mol. The number of anilines is 1. The number of hydrogen-bond donors (Lipinski definition) is 2. The summed E-state index contributed by atoms with van der Waals surface area (Å²) in [6, 6.07) is 3.40. The van der Waals surface area contributed by atoms with Crippen molar-refractivity contribution < 1.29 is 8.42 Å². The van der Waals surface area contributed by atoms with Gasteiger partial charge in [0.1, 0.15) is 5.82 Å². The van der Waals surface area contributed by atoms with Crippen molar-refractivity contribution in [2.24, 2.45) is 11.1 Å². The molecule has 0 bridgehead atoms. The maximum Gasteiger partial charge on any atom is 0.257 e. The summed E-state index contributed by atoms with van der Waals surface area (Å²) in [5, 5.41) is 15.7. The van der Waals surface area contributed by atoms with E-state index in [0.29, 0.717) is 11.9 Å². The van der Waals surface area contributed by atoms with Gasteiger partial charge in [-0.2, -0.15) is 0 Å². The lowest BCUT2D eigenvalue weighted by Crippen LogP contribution is -2.20. The zero-order valence-electron chi connectivity index (χ0n) is 11.7. The van der Waals surface area contributed by atoms with E-state index >= 15 is 0 Å². The molecule has 112 valence electrons. The van der Waals surface area contributed by atoms with Crippen molar-refractivity contribution in [1.29, 1.82) is 0 Å². The quantitative estimate of drug-likeness (QED) is 0.827. The number of nitrogens with two attached hydrogens (primary N) is 1. The summed E-state index contributed by atoms with van der Waals surface area (Å²) in [4.78, 5) is 0. The van der Waals surface area contributed by atoms with Crippen molar-refractivity contribution in [2.45, 2.75) is 56.5 Å². The number of nitrogens with one attached hydrogen (secondary N) is 1. The second-order valence-corrected chi connectivity index (χ2v) is 6.93. The number of hydrogen-bond acceptors (Lipinski definition) is 5. The molecule has 2 atom stereocenters. The van der Waals surface area contributed by atoms with Crippen LogP contribution in [0.1, 0.15) is 45.4 Å². The van der Waals surface area contributed by atoms with Gasteiger partial charge in [-0.15, -0.1) is 10.2 Å². The van der Waals surface area contributed by atoms with Gasteiger partial charge in [-0.3, -0.25) is 0 Å². The number of aromatic nitrogens is 2. The number of sulfonamides is 1. The Bertz CT molecular complexity index is 530. The van der Waals surface area contributed by atoms with Gasteiger partial charge in [-0.05, 0) is 37.3 Å². The van der Waals surface area contributed by atoms with Crippen molar-refractivity contribution >= 4 is 15.8 Å². The van der Waals surface area contributed by atoms with Crippen LogP contribution in [0.25, 0.3) is 0 Å². The molecular weight excluding hydrogens is 276 g/mol. The van der Waals surface area contributed by atoms with Gasteiger partial charge in [0, 0.05) is 6.04 Å². The topological polar surface area (TPSA) is 98.0 Å². The summed E-state index contributed by atoms with van der Waals surface area (Å²) in [5.74, 6) is 1.44. The normalized spacial score (nSPS) is 24.1. The van der Waals surface area contributed by atoms with E-state index in [0.717, 1.165) is 18.8 Å². The van der Waals surface area contributed by atoms with Crippen LogP contribution < -0.4 is 10.5 Å². The van der Waals surface area contributed by atoms with Crippen molar-refractivity contribution in [3.05, 3.63) is 12.1 Å². The molecule has 1 aromatic rings. The van der Waals surface area contributed by atoms with Crippen LogP contribution in [-0.4, -0.2) is 24.7 Å². The molecule has 7 heteroatoms. The van der Waals surface area contributed by atoms with Gasteiger partial charge in [0.25, 0.3) is 10.0 Å². The molecule has 3 N–H and O–H groups in total. The smallest absolute Gasteiger partial charge is 0.257 e. The molecule has 0 amide bonds. The fourth-order valence-corrected chi connectivity index (χ4v) is 3.10. The van der Waals surface area contributed by atoms with Crippen molar-refractivity contribution in [3.63, 3.8) is 0 Å². The lowest BCUT2D eigenvalue weighted by Gasteiger charge is -2.16. The maximum absolute atomic E-state index is 11.1. The summed E-state index contributed by atoms with van der Waals surface area (Å²) in [6.07, 6.45) is 7.24. The first-order valence-electron chi connectivity index (χ1n) is 7.12. The van der Waals surface area contributed by atoms with E-state index in [4.69, 9.17) is 5.14 Å². The molecule has 1 aliphatic carbocycles. The summed E-state index contributed by atoms with van der Waals surface area (Å²) >= 11 is 0. The molecule has 1 aliphatic rings. The molecule has 1 fully saturated rings. The van der Waals surface area contributed by atoms with E-state index in [1.165, 1.54) is 31.7 Å². The molecule has 6 nitrogen and oxygen atoms in total. The highest BCUT2D eigenvalue weighted by atomic mass is 32.2. The van der Waals surface area contributed by atoms with Crippen LogP contribution in [0.15, 0.2) is 17.2 Å². The van der Waals surface area contributed by atoms with Crippen LogP contribution in [0.2, 0.25) is 0 Å². The Labute approximate surface area is 120 Å². The molecular formula is C13H22N4O2S. The average molecular weight is 298 g/mol. The Kier molecular flexibility index (Phi) is 4.93. The van der Waals surface area contributed by atoms with Gasteiger partial charge in [-0.25, -0.2) is 13.6 Å². The molecule has 1 saturated carbocycles. The van der Waals surface area contributed by atoms with Crippen LogP contribution in [0.5, 0.6) is 0 Å². The van der Waals surface area contributed by atoms with Gasteiger partial charge in [-0.1, -0.05) is 26.2 Å². The lowest BCUT2D eigenvalue weighted by molar-refractivity contribution is 0.444. The Morgan fingerprint density at radius 1 is 1.25 bits per heavy atom. The molecule has 0 aliphatic heterocycles. The fraction of sp³-hybridized carbons (Fsp3) is 0.692. The van der Waals surface area contributed by atoms with Gasteiger partial charge in [0.15, 0.2) is 5.03 Å². The molecule has 0 spiro atoms. The van der Waals surface area contributed by atoms with Gasteiger partial charge < -0.3 is 5.32 Å². The minimum absolute atomic E-state index is 0.199. The number of primary sulfonamides is 1. The number of rotatable bonds is 4. The first kappa shape index (κ1) is 15.2. The molecule has 0 saturated heterocycles. The van der Waals surface area contributed by atoms with E-state index in [1.807, 2.05) is 0 Å². The lowest BCUT2D eigenvalue weighted by atomic mass is 9.98. The molecule has 1 heterocycles. The molecule has 2 unspecified atom stereocenters. The van der Waals surface area contributed by atoms with Gasteiger partial charge in [0.05, 0.1) is 0 Å². The predicted octanol–water partition coefficient (Wildman–Crippen LogP) is 1.89. The van der Waals surface area contributed by atoms with Gasteiger partial charge >= 0.3 is 0 Å². The highest BCUT2D eigenvalue weighted by Gasteiger charge is 2.18. The highest BCUT2D eigenvalue weighted by molar-refractivity contribution is 7.89. The summed E-state index contributed by atoms with van der Waals surface area (Å²) in [5.41, 5.74) is 0. The molecule has 0 radical (unpaired) electrons. The van der Waals surface area contributed by atoms with E-state index in [-0.39, 0.29) is 5.03 Å². The third kappa shape index (κ3) is 4.14. The standard InChI is InChI=1S/C13H22N4O2S/c1-2-10-4-3-5-11(7-6-10)15-12-8-9-13(17-16-12)20(14,18)19/h8-11H,2-7H2,1H3,(H,15,16)(H2,14,18,19). The Morgan fingerprint density at radius 2 is 2.05 bits per heavy atom. The summed E-state index contributed by atoms with van der Waals surface area (Å²) < 4.78 is 22.2. The van der Waals surface area contributed by atoms with E-state index in [1.54, 1.807) is 6.07 Å². The summed E-state index contributed by atoms with van der Waals surface area (Å²) in [6.45, 7) is 2.25. The first-order chi connectivity index (χ1) is 9.49. The molecule has 2 rings (SSSR count). The zero-order valence-corrected chi connectivity index (χ0v) is 12.6. The SMILES string of the molecule is CCC1CCCC(Nc2ccc(S(N)(=O)=O)nn2)CC1. The molecule has 1 aromatic heterocycles. The minimum atomic E-state index is -3.77. The Hall–Kier alpha value is -1.21. The molecule has 0 aromatic carbocycles. The Morgan fingerprint density at radius 3 is 2.65 bits per heavy atom. The zero-order chi connectivity index (χ0) is 14.6. The van der Waals surface area contributed by atoms with Crippen LogP contribution in [-0.2, 0) is 10.0 Å². The highest BCUT2D eigenvalue weighted by Crippen LogP contribution is 2.26. The van der Waals surface area contributed by atoms with Crippen LogP contribution in [0.4, 0.5) is 5.82 Å². The van der Waals surface area contributed by atoms with E-state index < -0.39 is 10.0 Å². The fourth-order valence-electron chi connectivity index (χ4n) is 2.69. The second-order valence-electron chi connectivity index (χ2n) is 5.43. The van der Waals surface area contributed by atoms with Gasteiger partial charge in [0.2, 0.25) is 0 Å². The minimum Gasteiger partial charge on any atom is -0.366 e. The first-order valence-corrected chi connectivity index (χ1v) is 8.66. The monoisotopic (exact) mass is 298 g/mol. The maximum atomic E-state index is 11.1. The summed E-state index contributed by atoms with van der Waals surface area (Å²) in [7, 11) is -3.77.